The van der Waals surface area contributed by atoms with E-state index in [2.05, 4.69) is 203 Å². The average Bonchev–Trinajstić information content (AvgIpc) is 3.74. The topological polar surface area (TPSA) is 7.65 Å². The van der Waals surface area contributed by atoms with Crippen molar-refractivity contribution < 1.29 is 0 Å². The van der Waals surface area contributed by atoms with Gasteiger partial charge in [0.25, 0.3) is 0 Å². The Bertz CT molecular complexity index is 3050. The van der Waals surface area contributed by atoms with Gasteiger partial charge in [0.1, 0.15) is 0 Å². The molecule has 0 amide bonds. The van der Waals surface area contributed by atoms with Crippen LogP contribution in [0.4, 0.5) is 17.1 Å². The first kappa shape index (κ1) is 28.9. The van der Waals surface area contributed by atoms with Crippen molar-refractivity contribution in [3.63, 3.8) is 0 Å². The molecular formula is C50H32N2. The van der Waals surface area contributed by atoms with Gasteiger partial charge in [0, 0.05) is 43.7 Å². The third-order valence-corrected chi connectivity index (χ3v) is 10.9. The van der Waals surface area contributed by atoms with Crippen molar-refractivity contribution in [2.24, 2.45) is 0 Å². The van der Waals surface area contributed by atoms with Crippen molar-refractivity contribution in [3.05, 3.63) is 194 Å². The van der Waals surface area contributed by atoms with Gasteiger partial charge < -0.3 is 9.30 Å². The number of para-hydroxylation sites is 2. The van der Waals surface area contributed by atoms with Gasteiger partial charge in [-0.3, -0.25) is 0 Å². The minimum Gasteiger partial charge on any atom is -0.309 e. The highest BCUT2D eigenvalue weighted by molar-refractivity contribution is 6.25. The van der Waals surface area contributed by atoms with Crippen LogP contribution in [0, 0.1) is 0 Å². The molecule has 0 aliphatic heterocycles. The summed E-state index contributed by atoms with van der Waals surface area (Å²) in [6.07, 6.45) is 0. The summed E-state index contributed by atoms with van der Waals surface area (Å²) in [5.41, 5.74) is 12.0. The summed E-state index contributed by atoms with van der Waals surface area (Å²) in [5.74, 6) is 0. The SMILES string of the molecule is c1ccc(-c2ccc(N(c3ccc4c5cccc6c7ccccc7n(c4c3)c65)c3c4ccccc4c(-c4ccccc4)c4ccccc34)cc2)cc1. The first-order chi connectivity index (χ1) is 25.8. The van der Waals surface area contributed by atoms with Gasteiger partial charge >= 0.3 is 0 Å². The van der Waals surface area contributed by atoms with Crippen LogP contribution in [-0.2, 0) is 0 Å². The second-order valence-corrected chi connectivity index (χ2v) is 13.7. The summed E-state index contributed by atoms with van der Waals surface area (Å²) in [5, 5.41) is 10.0. The third kappa shape index (κ3) is 4.19. The molecule has 0 radical (unpaired) electrons. The quantitative estimate of drug-likeness (QED) is 0.167. The van der Waals surface area contributed by atoms with E-state index in [1.54, 1.807) is 0 Å². The van der Waals surface area contributed by atoms with Crippen molar-refractivity contribution in [1.29, 1.82) is 0 Å². The molecule has 2 heteroatoms. The molecule has 0 unspecified atom stereocenters. The molecule has 2 heterocycles. The Morgan fingerprint density at radius 3 is 1.44 bits per heavy atom. The number of anilines is 3. The number of rotatable bonds is 5. The first-order valence-corrected chi connectivity index (χ1v) is 17.9. The zero-order valence-electron chi connectivity index (χ0n) is 28.4. The Morgan fingerprint density at radius 2 is 0.788 bits per heavy atom. The Balaban J connectivity index is 1.24. The van der Waals surface area contributed by atoms with Gasteiger partial charge in [-0.2, -0.15) is 0 Å². The van der Waals surface area contributed by atoms with Crippen LogP contribution < -0.4 is 4.90 Å². The Morgan fingerprint density at radius 1 is 0.308 bits per heavy atom. The number of benzene rings is 9. The molecule has 0 saturated carbocycles. The molecule has 0 bridgehead atoms. The fourth-order valence-electron chi connectivity index (χ4n) is 8.66. The average molecular weight is 661 g/mol. The van der Waals surface area contributed by atoms with Crippen LogP contribution in [0.2, 0.25) is 0 Å². The number of aromatic nitrogens is 1. The van der Waals surface area contributed by atoms with Gasteiger partial charge in [-0.15, -0.1) is 0 Å². The minimum atomic E-state index is 1.11. The Hall–Kier alpha value is -6.90. The highest BCUT2D eigenvalue weighted by atomic mass is 15.1. The smallest absolute Gasteiger partial charge is 0.0620 e. The van der Waals surface area contributed by atoms with Crippen LogP contribution in [0.25, 0.3) is 81.9 Å². The highest BCUT2D eigenvalue weighted by Crippen LogP contribution is 2.49. The molecule has 0 fully saturated rings. The summed E-state index contributed by atoms with van der Waals surface area (Å²) >= 11 is 0. The van der Waals surface area contributed by atoms with E-state index in [1.165, 1.54) is 87.6 Å². The molecule has 0 saturated heterocycles. The van der Waals surface area contributed by atoms with E-state index in [0.29, 0.717) is 0 Å². The summed E-state index contributed by atoms with van der Waals surface area (Å²) in [7, 11) is 0. The summed E-state index contributed by atoms with van der Waals surface area (Å²) in [6, 6.07) is 71.0. The van der Waals surface area contributed by atoms with Gasteiger partial charge in [0.2, 0.25) is 0 Å². The predicted octanol–water partition coefficient (Wildman–Crippen LogP) is 13.9. The molecular weight excluding hydrogens is 629 g/mol. The van der Waals surface area contributed by atoms with Gasteiger partial charge in [-0.1, -0.05) is 164 Å². The maximum atomic E-state index is 2.49. The maximum Gasteiger partial charge on any atom is 0.0620 e. The Kier molecular flexibility index (Phi) is 6.28. The van der Waals surface area contributed by atoms with Crippen molar-refractivity contribution in [3.8, 4) is 22.3 Å². The molecule has 0 aliphatic rings. The van der Waals surface area contributed by atoms with Crippen LogP contribution >= 0.6 is 0 Å². The summed E-state index contributed by atoms with van der Waals surface area (Å²) in [4.78, 5) is 2.49. The lowest BCUT2D eigenvalue weighted by Gasteiger charge is -2.30. The predicted molar refractivity (Wildman–Crippen MR) is 222 cm³/mol. The highest BCUT2D eigenvalue weighted by Gasteiger charge is 2.24. The molecule has 242 valence electrons. The van der Waals surface area contributed by atoms with Crippen LogP contribution in [0.5, 0.6) is 0 Å². The van der Waals surface area contributed by atoms with E-state index in [4.69, 9.17) is 0 Å². The van der Waals surface area contributed by atoms with E-state index in [9.17, 15) is 0 Å². The second-order valence-electron chi connectivity index (χ2n) is 13.7. The molecule has 11 aromatic rings. The normalized spacial score (nSPS) is 11.8. The van der Waals surface area contributed by atoms with Crippen LogP contribution in [0.1, 0.15) is 0 Å². The summed E-state index contributed by atoms with van der Waals surface area (Å²) < 4.78 is 2.48. The zero-order chi connectivity index (χ0) is 34.2. The first-order valence-electron chi connectivity index (χ1n) is 17.9. The number of fused-ring (bicyclic) bond motifs is 8. The van der Waals surface area contributed by atoms with E-state index in [1.807, 2.05) is 0 Å². The van der Waals surface area contributed by atoms with Gasteiger partial charge in [-0.05, 0) is 63.4 Å². The largest absolute Gasteiger partial charge is 0.309 e. The molecule has 52 heavy (non-hydrogen) atoms. The minimum absolute atomic E-state index is 1.11. The van der Waals surface area contributed by atoms with Crippen molar-refractivity contribution in [2.75, 3.05) is 4.90 Å². The van der Waals surface area contributed by atoms with E-state index in [-0.39, 0.29) is 0 Å². The number of hydrogen-bond acceptors (Lipinski definition) is 1. The van der Waals surface area contributed by atoms with Crippen LogP contribution in [-0.4, -0.2) is 4.40 Å². The lowest BCUT2D eigenvalue weighted by Crippen LogP contribution is -2.11. The van der Waals surface area contributed by atoms with Gasteiger partial charge in [0.05, 0.1) is 22.2 Å². The summed E-state index contributed by atoms with van der Waals surface area (Å²) in [6.45, 7) is 0. The standard InChI is InChI=1S/C50H32N2/c1-3-14-33(15-4-1)34-26-28-36(29-27-34)51(37-30-31-39-43-24-13-23-42-38-18-11-12-25-46(38)52(50(42)43)47(39)32-37)49-44-21-9-7-19-40(44)48(35-16-5-2-6-17-35)41-20-8-10-22-45(41)49/h1-32H. The lowest BCUT2D eigenvalue weighted by molar-refractivity contribution is 1.30. The number of hydrogen-bond donors (Lipinski definition) is 0. The van der Waals surface area contributed by atoms with E-state index in [0.717, 1.165) is 11.4 Å². The fraction of sp³-hybridized carbons (Fsp3) is 0. The number of nitrogens with zero attached hydrogens (tertiary/aromatic N) is 2. The monoisotopic (exact) mass is 660 g/mol. The Labute approximate surface area is 301 Å². The molecule has 9 aromatic carbocycles. The molecule has 2 nitrogen and oxygen atoms in total. The zero-order valence-corrected chi connectivity index (χ0v) is 28.4. The maximum absolute atomic E-state index is 2.49. The molecule has 0 N–H and O–H groups in total. The molecule has 0 atom stereocenters. The van der Waals surface area contributed by atoms with Crippen molar-refractivity contribution in [2.45, 2.75) is 0 Å². The van der Waals surface area contributed by atoms with E-state index < -0.39 is 0 Å². The van der Waals surface area contributed by atoms with Crippen LogP contribution in [0.15, 0.2) is 194 Å². The van der Waals surface area contributed by atoms with Gasteiger partial charge in [0.15, 0.2) is 0 Å². The van der Waals surface area contributed by atoms with Gasteiger partial charge in [-0.25, -0.2) is 0 Å². The molecule has 0 aliphatic carbocycles. The molecule has 0 spiro atoms. The second kappa shape index (κ2) is 11.3. The molecule has 2 aromatic heterocycles. The van der Waals surface area contributed by atoms with Crippen molar-refractivity contribution >= 4 is 76.7 Å². The third-order valence-electron chi connectivity index (χ3n) is 10.9. The lowest BCUT2D eigenvalue weighted by atomic mass is 9.90. The van der Waals surface area contributed by atoms with E-state index >= 15 is 0 Å². The molecule has 11 rings (SSSR count). The fourth-order valence-corrected chi connectivity index (χ4v) is 8.66. The van der Waals surface area contributed by atoms with Crippen LogP contribution in [0.3, 0.4) is 0 Å². The van der Waals surface area contributed by atoms with Crippen molar-refractivity contribution in [1.82, 2.24) is 4.40 Å².